The molecule has 0 aliphatic heterocycles. The lowest BCUT2D eigenvalue weighted by Crippen LogP contribution is -2.29. The van der Waals surface area contributed by atoms with E-state index in [1.807, 2.05) is 26.0 Å². The van der Waals surface area contributed by atoms with Crippen LogP contribution in [0.25, 0.3) is 0 Å². The van der Waals surface area contributed by atoms with Crippen molar-refractivity contribution in [2.45, 2.75) is 46.3 Å². The Labute approximate surface area is 177 Å². The molecule has 1 atom stereocenters. The van der Waals surface area contributed by atoms with Gasteiger partial charge in [0.25, 0.3) is 5.91 Å². The van der Waals surface area contributed by atoms with Crippen molar-refractivity contribution in [1.29, 1.82) is 0 Å². The summed E-state index contributed by atoms with van der Waals surface area (Å²) in [5.41, 5.74) is 2.27. The number of aryl methyl sites for hydroxylation is 1. The maximum atomic E-state index is 12.4. The molecule has 0 aromatic heterocycles. The molecule has 0 bridgehead atoms. The highest BCUT2D eigenvalue weighted by molar-refractivity contribution is 5.93. The summed E-state index contributed by atoms with van der Waals surface area (Å²) in [6.07, 6.45) is -1.02. The maximum Gasteiger partial charge on any atom is 0.333 e. The van der Waals surface area contributed by atoms with Crippen LogP contribution in [0.2, 0.25) is 0 Å². The van der Waals surface area contributed by atoms with Gasteiger partial charge in [0, 0.05) is 6.42 Å². The number of carboxylic acids is 1. The van der Waals surface area contributed by atoms with Crippen molar-refractivity contribution in [2.24, 2.45) is 0 Å². The maximum absolute atomic E-state index is 12.4. The molecule has 0 heterocycles. The van der Waals surface area contributed by atoms with Gasteiger partial charge in [0.1, 0.15) is 11.5 Å². The van der Waals surface area contributed by atoms with Gasteiger partial charge in [-0.05, 0) is 57.5 Å². The number of rotatable bonds is 11. The third-order valence-corrected chi connectivity index (χ3v) is 4.14. The van der Waals surface area contributed by atoms with E-state index in [1.165, 1.54) is 0 Å². The van der Waals surface area contributed by atoms with Gasteiger partial charge in [-0.25, -0.2) is 4.79 Å². The highest BCUT2D eigenvalue weighted by Gasteiger charge is 2.21. The lowest BCUT2D eigenvalue weighted by atomic mass is 10.1. The van der Waals surface area contributed by atoms with E-state index in [-0.39, 0.29) is 25.0 Å². The minimum atomic E-state index is -1.03. The number of aliphatic carboxylic acids is 1. The van der Waals surface area contributed by atoms with E-state index >= 15 is 0 Å². The van der Waals surface area contributed by atoms with Gasteiger partial charge in [-0.3, -0.25) is 4.79 Å². The fraction of sp³-hybridized carbons (Fsp3) is 0.391. The molecule has 0 aliphatic carbocycles. The summed E-state index contributed by atoms with van der Waals surface area (Å²) in [4.78, 5) is 23.9. The predicted octanol–water partition coefficient (Wildman–Crippen LogP) is 3.83. The topological polar surface area (TPSA) is 94.1 Å². The first kappa shape index (κ1) is 23.2. The van der Waals surface area contributed by atoms with Crippen molar-refractivity contribution in [3.05, 3.63) is 53.6 Å². The lowest BCUT2D eigenvalue weighted by Gasteiger charge is -2.18. The van der Waals surface area contributed by atoms with Crippen molar-refractivity contribution < 1.29 is 28.9 Å². The molecular weight excluding hydrogens is 386 g/mol. The third-order valence-electron chi connectivity index (χ3n) is 4.14. The number of hydrogen-bond acceptors (Lipinski definition) is 5. The molecule has 2 N–H and O–H groups in total. The molecule has 0 radical (unpaired) electrons. The fourth-order valence-electron chi connectivity index (χ4n) is 2.79. The van der Waals surface area contributed by atoms with Gasteiger partial charge in [-0.2, -0.15) is 0 Å². The van der Waals surface area contributed by atoms with Crippen molar-refractivity contribution in [1.82, 2.24) is 0 Å². The Morgan fingerprint density at radius 1 is 1.07 bits per heavy atom. The number of benzene rings is 2. The Morgan fingerprint density at radius 3 is 2.37 bits per heavy atom. The van der Waals surface area contributed by atoms with Gasteiger partial charge < -0.3 is 24.6 Å². The number of carbonyl (C=O) groups is 2. The van der Waals surface area contributed by atoms with Gasteiger partial charge in [0.15, 0.2) is 12.7 Å². The second-order valence-corrected chi connectivity index (χ2v) is 7.13. The standard InChI is InChI=1S/C23H29NO6/c1-5-28-20-11-8-17(13-21(23(26)27)30-15(2)3)12-19(20)24-22(25)14-29-18-9-6-16(4)7-10-18/h6-12,15,21H,5,13-14H2,1-4H3,(H,24,25)(H,26,27). The van der Waals surface area contributed by atoms with Gasteiger partial charge >= 0.3 is 5.97 Å². The van der Waals surface area contributed by atoms with Crippen LogP contribution < -0.4 is 14.8 Å². The molecule has 0 spiro atoms. The summed E-state index contributed by atoms with van der Waals surface area (Å²) in [5, 5.41) is 12.2. The summed E-state index contributed by atoms with van der Waals surface area (Å²) in [6.45, 7) is 7.65. The molecule has 7 heteroatoms. The summed E-state index contributed by atoms with van der Waals surface area (Å²) in [6, 6.07) is 12.6. The Kier molecular flexibility index (Phi) is 8.68. The van der Waals surface area contributed by atoms with Gasteiger partial charge in [0.05, 0.1) is 18.4 Å². The molecule has 0 saturated heterocycles. The van der Waals surface area contributed by atoms with E-state index in [2.05, 4.69) is 5.32 Å². The summed E-state index contributed by atoms with van der Waals surface area (Å²) in [5.74, 6) is -0.275. The fourth-order valence-corrected chi connectivity index (χ4v) is 2.79. The number of ether oxygens (including phenoxy) is 3. The van der Waals surface area contributed by atoms with E-state index in [1.54, 1.807) is 44.2 Å². The minimum Gasteiger partial charge on any atom is -0.492 e. The smallest absolute Gasteiger partial charge is 0.333 e. The van der Waals surface area contributed by atoms with Crippen LogP contribution in [0, 0.1) is 6.92 Å². The lowest BCUT2D eigenvalue weighted by molar-refractivity contribution is -0.153. The quantitative estimate of drug-likeness (QED) is 0.579. The van der Waals surface area contributed by atoms with E-state index in [0.717, 1.165) is 5.56 Å². The Morgan fingerprint density at radius 2 is 1.77 bits per heavy atom. The minimum absolute atomic E-state index is 0.160. The molecule has 1 unspecified atom stereocenters. The normalized spacial score (nSPS) is 11.8. The number of carboxylic acid groups (broad SMARTS) is 1. The van der Waals surface area contributed by atoms with Crippen LogP contribution >= 0.6 is 0 Å². The monoisotopic (exact) mass is 415 g/mol. The Bertz CT molecular complexity index is 847. The average Bonchev–Trinajstić information content (AvgIpc) is 2.68. The molecule has 1 amide bonds. The largest absolute Gasteiger partial charge is 0.492 e. The summed E-state index contributed by atoms with van der Waals surface area (Å²) in [7, 11) is 0. The molecule has 7 nitrogen and oxygen atoms in total. The van der Waals surface area contributed by atoms with Crippen molar-refractivity contribution in [3.8, 4) is 11.5 Å². The number of nitrogens with one attached hydrogen (secondary N) is 1. The van der Waals surface area contributed by atoms with Crippen LogP contribution in [-0.4, -0.2) is 42.4 Å². The summed E-state index contributed by atoms with van der Waals surface area (Å²) >= 11 is 0. The first-order valence-electron chi connectivity index (χ1n) is 9.91. The first-order valence-corrected chi connectivity index (χ1v) is 9.91. The Balaban J connectivity index is 2.09. The molecule has 162 valence electrons. The molecule has 30 heavy (non-hydrogen) atoms. The highest BCUT2D eigenvalue weighted by Crippen LogP contribution is 2.27. The molecule has 2 aromatic carbocycles. The van der Waals surface area contributed by atoms with Gasteiger partial charge in [-0.15, -0.1) is 0 Å². The van der Waals surface area contributed by atoms with E-state index in [9.17, 15) is 14.7 Å². The van der Waals surface area contributed by atoms with Crippen LogP contribution in [0.15, 0.2) is 42.5 Å². The van der Waals surface area contributed by atoms with Crippen LogP contribution in [0.3, 0.4) is 0 Å². The van der Waals surface area contributed by atoms with Gasteiger partial charge in [-0.1, -0.05) is 23.8 Å². The molecule has 0 aliphatic rings. The van der Waals surface area contributed by atoms with E-state index < -0.39 is 12.1 Å². The highest BCUT2D eigenvalue weighted by atomic mass is 16.5. The SMILES string of the molecule is CCOc1ccc(CC(OC(C)C)C(=O)O)cc1NC(=O)COc1ccc(C)cc1. The van der Waals surface area contributed by atoms with Crippen molar-refractivity contribution in [3.63, 3.8) is 0 Å². The number of amides is 1. The summed E-state index contributed by atoms with van der Waals surface area (Å²) < 4.78 is 16.6. The van der Waals surface area contributed by atoms with Crippen LogP contribution in [-0.2, 0) is 20.7 Å². The van der Waals surface area contributed by atoms with E-state index in [0.29, 0.717) is 29.4 Å². The molecule has 2 aromatic rings. The van der Waals surface area contributed by atoms with Crippen LogP contribution in [0.5, 0.6) is 11.5 Å². The van der Waals surface area contributed by atoms with Crippen molar-refractivity contribution >= 4 is 17.6 Å². The zero-order valence-corrected chi connectivity index (χ0v) is 17.8. The molecule has 2 rings (SSSR count). The zero-order chi connectivity index (χ0) is 22.1. The molecule has 0 fully saturated rings. The van der Waals surface area contributed by atoms with Crippen molar-refractivity contribution in [2.75, 3.05) is 18.5 Å². The number of anilines is 1. The number of carbonyl (C=O) groups excluding carboxylic acids is 1. The van der Waals surface area contributed by atoms with Crippen LogP contribution in [0.1, 0.15) is 31.9 Å². The first-order chi connectivity index (χ1) is 14.3. The second kappa shape index (κ2) is 11.2. The average molecular weight is 415 g/mol. The van der Waals surface area contributed by atoms with Crippen LogP contribution in [0.4, 0.5) is 5.69 Å². The Hall–Kier alpha value is -3.06. The zero-order valence-electron chi connectivity index (χ0n) is 17.8. The number of hydrogen-bond donors (Lipinski definition) is 2. The molecule has 0 saturated carbocycles. The van der Waals surface area contributed by atoms with Gasteiger partial charge in [0.2, 0.25) is 0 Å². The second-order valence-electron chi connectivity index (χ2n) is 7.13. The third kappa shape index (κ3) is 7.40. The predicted molar refractivity (Wildman–Crippen MR) is 114 cm³/mol. The molecular formula is C23H29NO6. The van der Waals surface area contributed by atoms with E-state index in [4.69, 9.17) is 14.2 Å².